The molecule has 0 aliphatic rings. The number of hydrogen-bond acceptors (Lipinski definition) is 3. The van der Waals surface area contributed by atoms with Crippen molar-refractivity contribution in [2.75, 3.05) is 0 Å². The third-order valence-corrected chi connectivity index (χ3v) is 3.42. The van der Waals surface area contributed by atoms with Crippen molar-refractivity contribution in [1.29, 1.82) is 0 Å². The first-order valence-corrected chi connectivity index (χ1v) is 6.61. The summed E-state index contributed by atoms with van der Waals surface area (Å²) in [7, 11) is 0. The van der Waals surface area contributed by atoms with E-state index in [9.17, 15) is 10.1 Å². The van der Waals surface area contributed by atoms with E-state index in [-0.39, 0.29) is 17.3 Å². The molecule has 2 aromatic rings. The number of nitro benzene ring substituents is 1. The lowest BCUT2D eigenvalue weighted by molar-refractivity contribution is -0.384. The van der Waals surface area contributed by atoms with E-state index in [4.69, 9.17) is 39.5 Å². The predicted molar refractivity (Wildman–Crippen MR) is 78.9 cm³/mol. The van der Waals surface area contributed by atoms with Crippen molar-refractivity contribution in [3.63, 3.8) is 0 Å². The maximum atomic E-state index is 10.6. The van der Waals surface area contributed by atoms with Crippen molar-refractivity contribution < 1.29 is 9.66 Å². The van der Waals surface area contributed by atoms with Gasteiger partial charge in [-0.3, -0.25) is 10.1 Å². The Hall–Kier alpha value is -1.49. The molecule has 0 radical (unpaired) electrons. The van der Waals surface area contributed by atoms with Gasteiger partial charge in [0.05, 0.1) is 15.0 Å². The predicted octanol–water partition coefficient (Wildman–Crippen LogP) is 5.13. The zero-order valence-electron chi connectivity index (χ0n) is 9.98. The molecule has 104 valence electrons. The molecule has 7 heteroatoms. The molecule has 0 heterocycles. The van der Waals surface area contributed by atoms with Gasteiger partial charge in [0.15, 0.2) is 0 Å². The van der Waals surface area contributed by atoms with Crippen LogP contribution in [0.5, 0.6) is 5.75 Å². The number of nitrogens with zero attached hydrogens (tertiary/aromatic N) is 1. The molecule has 0 unspecified atom stereocenters. The monoisotopic (exact) mass is 331 g/mol. The van der Waals surface area contributed by atoms with E-state index < -0.39 is 4.92 Å². The number of nitro groups is 1. The van der Waals surface area contributed by atoms with E-state index in [2.05, 4.69) is 0 Å². The molecule has 0 amide bonds. The summed E-state index contributed by atoms with van der Waals surface area (Å²) >= 11 is 17.8. The molecule has 4 nitrogen and oxygen atoms in total. The Morgan fingerprint density at radius 3 is 2.45 bits per heavy atom. The van der Waals surface area contributed by atoms with E-state index in [1.54, 1.807) is 24.3 Å². The van der Waals surface area contributed by atoms with Crippen molar-refractivity contribution >= 4 is 40.5 Å². The van der Waals surface area contributed by atoms with Crippen LogP contribution in [-0.4, -0.2) is 4.92 Å². The normalized spacial score (nSPS) is 10.3. The smallest absolute Gasteiger partial charge is 0.270 e. The Morgan fingerprint density at radius 2 is 1.80 bits per heavy atom. The van der Waals surface area contributed by atoms with Crippen molar-refractivity contribution in [2.45, 2.75) is 6.61 Å². The third kappa shape index (κ3) is 3.54. The summed E-state index contributed by atoms with van der Waals surface area (Å²) in [5.74, 6) is 0.425. The molecule has 20 heavy (non-hydrogen) atoms. The standard InChI is InChI=1S/C13H8Cl3NO3/c14-9-2-4-11(15)13(5-9)20-7-8-1-3-10(17(18)19)6-12(8)16/h1-6H,7H2. The largest absolute Gasteiger partial charge is 0.487 e. The fourth-order valence-corrected chi connectivity index (χ4v) is 2.07. The molecule has 0 atom stereocenters. The molecule has 0 saturated carbocycles. The summed E-state index contributed by atoms with van der Waals surface area (Å²) in [4.78, 5) is 10.1. The Labute approximate surface area is 130 Å². The molecular formula is C13H8Cl3NO3. The number of ether oxygens (including phenoxy) is 1. The van der Waals surface area contributed by atoms with Gasteiger partial charge in [-0.2, -0.15) is 0 Å². The number of rotatable bonds is 4. The van der Waals surface area contributed by atoms with E-state index in [0.29, 0.717) is 21.4 Å². The van der Waals surface area contributed by atoms with Gasteiger partial charge in [-0.25, -0.2) is 0 Å². The molecule has 0 N–H and O–H groups in total. The Kier molecular flexibility index (Phi) is 4.70. The number of benzene rings is 2. The average Bonchev–Trinajstić information content (AvgIpc) is 2.40. The summed E-state index contributed by atoms with van der Waals surface area (Å²) in [6.07, 6.45) is 0. The SMILES string of the molecule is O=[N+]([O-])c1ccc(COc2cc(Cl)ccc2Cl)c(Cl)c1. The highest BCUT2D eigenvalue weighted by atomic mass is 35.5. The van der Waals surface area contributed by atoms with Gasteiger partial charge < -0.3 is 4.74 Å². The Balaban J connectivity index is 2.15. The second kappa shape index (κ2) is 6.31. The first kappa shape index (κ1) is 14.9. The third-order valence-electron chi connectivity index (χ3n) is 2.52. The first-order chi connectivity index (χ1) is 9.47. The highest BCUT2D eigenvalue weighted by Gasteiger charge is 2.10. The average molecular weight is 333 g/mol. The lowest BCUT2D eigenvalue weighted by Gasteiger charge is -2.09. The van der Waals surface area contributed by atoms with Crippen LogP contribution in [0.25, 0.3) is 0 Å². The number of hydrogen-bond donors (Lipinski definition) is 0. The van der Waals surface area contributed by atoms with Gasteiger partial charge in [-0.1, -0.05) is 34.8 Å². The molecule has 0 spiro atoms. The van der Waals surface area contributed by atoms with Crippen LogP contribution in [0.1, 0.15) is 5.56 Å². The van der Waals surface area contributed by atoms with Gasteiger partial charge in [0.1, 0.15) is 12.4 Å². The minimum Gasteiger partial charge on any atom is -0.487 e. The van der Waals surface area contributed by atoms with Gasteiger partial charge in [-0.15, -0.1) is 0 Å². The van der Waals surface area contributed by atoms with Gasteiger partial charge in [0.2, 0.25) is 0 Å². The van der Waals surface area contributed by atoms with Gasteiger partial charge in [-0.05, 0) is 18.2 Å². The first-order valence-electron chi connectivity index (χ1n) is 5.48. The summed E-state index contributed by atoms with van der Waals surface area (Å²) in [6, 6.07) is 9.04. The van der Waals surface area contributed by atoms with Crippen LogP contribution in [0.4, 0.5) is 5.69 Å². The fraction of sp³-hybridized carbons (Fsp3) is 0.0769. The molecule has 2 aromatic carbocycles. The second-order valence-corrected chi connectivity index (χ2v) is 5.15. The summed E-state index contributed by atoms with van der Waals surface area (Å²) in [5, 5.41) is 11.8. The minimum atomic E-state index is -0.510. The van der Waals surface area contributed by atoms with Gasteiger partial charge >= 0.3 is 0 Å². The molecule has 0 bridgehead atoms. The van der Waals surface area contributed by atoms with E-state index >= 15 is 0 Å². The van der Waals surface area contributed by atoms with Crippen molar-refractivity contribution in [3.05, 3.63) is 67.1 Å². The number of halogens is 3. The molecule has 0 aromatic heterocycles. The van der Waals surface area contributed by atoms with Crippen LogP contribution in [0, 0.1) is 10.1 Å². The topological polar surface area (TPSA) is 52.4 Å². The molecule has 2 rings (SSSR count). The van der Waals surface area contributed by atoms with Crippen LogP contribution in [0.3, 0.4) is 0 Å². The van der Waals surface area contributed by atoms with E-state index in [1.807, 2.05) is 0 Å². The highest BCUT2D eigenvalue weighted by molar-refractivity contribution is 6.34. The lowest BCUT2D eigenvalue weighted by atomic mass is 10.2. The summed E-state index contributed by atoms with van der Waals surface area (Å²) in [5.41, 5.74) is 0.549. The van der Waals surface area contributed by atoms with Crippen molar-refractivity contribution in [1.82, 2.24) is 0 Å². The van der Waals surface area contributed by atoms with Crippen molar-refractivity contribution in [2.24, 2.45) is 0 Å². The fourth-order valence-electron chi connectivity index (χ4n) is 1.51. The second-order valence-electron chi connectivity index (χ2n) is 3.90. The minimum absolute atomic E-state index is 0.0699. The molecule has 0 saturated heterocycles. The maximum Gasteiger partial charge on any atom is 0.270 e. The molecular weight excluding hydrogens is 325 g/mol. The maximum absolute atomic E-state index is 10.6. The summed E-state index contributed by atoms with van der Waals surface area (Å²) in [6.45, 7) is 0.136. The van der Waals surface area contributed by atoms with Gasteiger partial charge in [0, 0.05) is 28.8 Å². The van der Waals surface area contributed by atoms with Gasteiger partial charge in [0.25, 0.3) is 5.69 Å². The zero-order valence-corrected chi connectivity index (χ0v) is 12.2. The quantitative estimate of drug-likeness (QED) is 0.576. The Bertz CT molecular complexity index is 661. The van der Waals surface area contributed by atoms with Crippen LogP contribution < -0.4 is 4.74 Å². The molecule has 0 fully saturated rings. The number of non-ortho nitro benzene ring substituents is 1. The summed E-state index contributed by atoms with van der Waals surface area (Å²) < 4.78 is 5.51. The highest BCUT2D eigenvalue weighted by Crippen LogP contribution is 2.29. The van der Waals surface area contributed by atoms with E-state index in [1.165, 1.54) is 12.1 Å². The zero-order chi connectivity index (χ0) is 14.7. The molecule has 0 aliphatic heterocycles. The van der Waals surface area contributed by atoms with Crippen molar-refractivity contribution in [3.8, 4) is 5.75 Å². The van der Waals surface area contributed by atoms with Crippen LogP contribution in [0.2, 0.25) is 15.1 Å². The lowest BCUT2D eigenvalue weighted by Crippen LogP contribution is -1.98. The Morgan fingerprint density at radius 1 is 1.05 bits per heavy atom. The van der Waals surface area contributed by atoms with E-state index in [0.717, 1.165) is 0 Å². The van der Waals surface area contributed by atoms with Crippen LogP contribution >= 0.6 is 34.8 Å². The van der Waals surface area contributed by atoms with Crippen LogP contribution in [-0.2, 0) is 6.61 Å². The molecule has 0 aliphatic carbocycles. The van der Waals surface area contributed by atoms with Crippen LogP contribution in [0.15, 0.2) is 36.4 Å².